The fraction of sp³-hybridized carbons (Fsp3) is 0.867. The Hall–Kier alpha value is -0.950. The number of likely N-dealkylation sites (tertiary alicyclic amines) is 1. The van der Waals surface area contributed by atoms with E-state index < -0.39 is 0 Å². The second-order valence-electron chi connectivity index (χ2n) is 6.59. The maximum absolute atomic E-state index is 12.1. The first kappa shape index (κ1) is 15.9. The van der Waals surface area contributed by atoms with Gasteiger partial charge in [-0.05, 0) is 25.7 Å². The average Bonchev–Trinajstić information content (AvgIpc) is 3.04. The van der Waals surface area contributed by atoms with Gasteiger partial charge in [-0.2, -0.15) is 11.8 Å². The first-order valence-corrected chi connectivity index (χ1v) is 9.40. The van der Waals surface area contributed by atoms with Gasteiger partial charge in [0.25, 0.3) is 0 Å². The zero-order valence-electron chi connectivity index (χ0n) is 12.9. The second kappa shape index (κ2) is 7.08. The fourth-order valence-electron chi connectivity index (χ4n) is 3.57. The lowest BCUT2D eigenvalue weighted by Gasteiger charge is -2.30. The van der Waals surface area contributed by atoms with Crippen LogP contribution in [0.15, 0.2) is 0 Å². The van der Waals surface area contributed by atoms with E-state index in [0.29, 0.717) is 17.7 Å². The van der Waals surface area contributed by atoms with Crippen LogP contribution in [0.1, 0.15) is 38.5 Å². The third kappa shape index (κ3) is 3.68. The van der Waals surface area contributed by atoms with Crippen LogP contribution < -0.4 is 16.4 Å². The van der Waals surface area contributed by atoms with Crippen molar-refractivity contribution in [3.8, 4) is 0 Å². The molecule has 3 saturated heterocycles. The van der Waals surface area contributed by atoms with E-state index in [-0.39, 0.29) is 24.0 Å². The predicted molar refractivity (Wildman–Crippen MR) is 87.7 cm³/mol. The van der Waals surface area contributed by atoms with Gasteiger partial charge in [0.05, 0.1) is 12.1 Å². The van der Waals surface area contributed by atoms with E-state index in [2.05, 4.69) is 10.6 Å². The van der Waals surface area contributed by atoms with Crippen molar-refractivity contribution in [2.75, 3.05) is 18.8 Å². The van der Waals surface area contributed by atoms with Crippen molar-refractivity contribution in [1.29, 1.82) is 0 Å². The Morgan fingerprint density at radius 3 is 2.82 bits per heavy atom. The summed E-state index contributed by atoms with van der Waals surface area (Å²) in [4.78, 5) is 25.4. The average molecular weight is 326 g/mol. The topological polar surface area (TPSA) is 87.5 Å². The minimum absolute atomic E-state index is 0.0289. The standard InChI is InChI=1S/C15H26N4O2S/c16-10-5-7-19(8-6-10)13(20)4-2-1-3-12-14-11(9-22-12)17-15(21)18-14/h10-12,14H,1-9,16H2,(H2,17,18,21)/t11-,12-,14-/m0/s1. The third-order valence-electron chi connectivity index (χ3n) is 4.96. The lowest BCUT2D eigenvalue weighted by Crippen LogP contribution is -2.42. The molecule has 0 saturated carbocycles. The Balaban J connectivity index is 1.32. The van der Waals surface area contributed by atoms with Gasteiger partial charge in [-0.15, -0.1) is 0 Å². The van der Waals surface area contributed by atoms with Crippen LogP contribution in [0, 0.1) is 0 Å². The molecule has 0 aromatic carbocycles. The first-order chi connectivity index (χ1) is 10.6. The number of piperidine rings is 1. The Kier molecular flexibility index (Phi) is 5.13. The Morgan fingerprint density at radius 2 is 2.05 bits per heavy atom. The molecular formula is C15H26N4O2S. The minimum Gasteiger partial charge on any atom is -0.343 e. The van der Waals surface area contributed by atoms with Gasteiger partial charge in [-0.25, -0.2) is 4.79 Å². The van der Waals surface area contributed by atoms with Gasteiger partial charge in [0.15, 0.2) is 0 Å². The summed E-state index contributed by atoms with van der Waals surface area (Å²) in [5.41, 5.74) is 5.87. The largest absolute Gasteiger partial charge is 0.343 e. The molecule has 3 heterocycles. The first-order valence-electron chi connectivity index (χ1n) is 8.35. The molecule has 0 radical (unpaired) electrons. The molecule has 3 rings (SSSR count). The summed E-state index contributed by atoms with van der Waals surface area (Å²) >= 11 is 1.94. The Morgan fingerprint density at radius 1 is 1.27 bits per heavy atom. The van der Waals surface area contributed by atoms with Crippen LogP contribution in [-0.2, 0) is 4.79 Å². The quantitative estimate of drug-likeness (QED) is 0.512. The molecule has 3 aliphatic rings. The highest BCUT2D eigenvalue weighted by Gasteiger charge is 2.42. The third-order valence-corrected chi connectivity index (χ3v) is 6.47. The van der Waals surface area contributed by atoms with Gasteiger partial charge in [0.2, 0.25) is 5.91 Å². The van der Waals surface area contributed by atoms with Crippen LogP contribution >= 0.6 is 11.8 Å². The van der Waals surface area contributed by atoms with Gasteiger partial charge in [-0.3, -0.25) is 4.79 Å². The summed E-state index contributed by atoms with van der Waals surface area (Å²) in [7, 11) is 0. The number of rotatable bonds is 5. The zero-order valence-corrected chi connectivity index (χ0v) is 13.7. The number of urea groups is 1. The number of carbonyl (C=O) groups is 2. The molecule has 22 heavy (non-hydrogen) atoms. The lowest BCUT2D eigenvalue weighted by molar-refractivity contribution is -0.132. The number of hydrogen-bond donors (Lipinski definition) is 3. The van der Waals surface area contributed by atoms with Crippen LogP contribution in [0.3, 0.4) is 0 Å². The number of nitrogens with two attached hydrogens (primary N) is 1. The summed E-state index contributed by atoms with van der Waals surface area (Å²) in [6.45, 7) is 1.64. The molecule has 0 spiro atoms. The van der Waals surface area contributed by atoms with E-state index in [1.165, 1.54) is 0 Å². The highest BCUT2D eigenvalue weighted by molar-refractivity contribution is 8.00. The van der Waals surface area contributed by atoms with Gasteiger partial charge < -0.3 is 21.3 Å². The number of hydrogen-bond acceptors (Lipinski definition) is 4. The van der Waals surface area contributed by atoms with Crippen LogP contribution in [0.25, 0.3) is 0 Å². The van der Waals surface area contributed by atoms with E-state index in [0.717, 1.165) is 50.9 Å². The normalized spacial score (nSPS) is 31.8. The van der Waals surface area contributed by atoms with Crippen LogP contribution in [0.2, 0.25) is 0 Å². The van der Waals surface area contributed by atoms with Gasteiger partial charge in [0, 0.05) is 36.6 Å². The number of fused-ring (bicyclic) bond motifs is 1. The van der Waals surface area contributed by atoms with E-state index >= 15 is 0 Å². The molecule has 7 heteroatoms. The molecule has 3 aliphatic heterocycles. The summed E-state index contributed by atoms with van der Waals surface area (Å²) in [6, 6.07) is 0.809. The number of amides is 3. The van der Waals surface area contributed by atoms with Gasteiger partial charge >= 0.3 is 6.03 Å². The predicted octanol–water partition coefficient (Wildman–Crippen LogP) is 0.662. The van der Waals surface area contributed by atoms with Crippen molar-refractivity contribution in [2.45, 2.75) is 61.9 Å². The SMILES string of the molecule is NC1CCN(C(=O)CCCC[C@@H]2SC[C@@H]3NC(=O)N[C@@H]32)CC1. The van der Waals surface area contributed by atoms with Crippen molar-refractivity contribution in [3.63, 3.8) is 0 Å². The maximum Gasteiger partial charge on any atom is 0.315 e. The van der Waals surface area contributed by atoms with Crippen molar-refractivity contribution in [1.82, 2.24) is 15.5 Å². The fourth-order valence-corrected chi connectivity index (χ4v) is 5.12. The van der Waals surface area contributed by atoms with Crippen molar-refractivity contribution in [2.24, 2.45) is 5.73 Å². The number of unbranched alkanes of at least 4 members (excludes halogenated alkanes) is 1. The van der Waals surface area contributed by atoms with Gasteiger partial charge in [0.1, 0.15) is 0 Å². The van der Waals surface area contributed by atoms with Crippen molar-refractivity contribution in [3.05, 3.63) is 0 Å². The van der Waals surface area contributed by atoms with E-state index in [1.807, 2.05) is 16.7 Å². The highest BCUT2D eigenvalue weighted by atomic mass is 32.2. The summed E-state index contributed by atoms with van der Waals surface area (Å²) < 4.78 is 0. The van der Waals surface area contributed by atoms with E-state index in [1.54, 1.807) is 0 Å². The minimum atomic E-state index is -0.0289. The molecule has 0 aliphatic carbocycles. The number of thioether (sulfide) groups is 1. The molecule has 0 aromatic heterocycles. The smallest absolute Gasteiger partial charge is 0.315 e. The van der Waals surface area contributed by atoms with Crippen LogP contribution in [-0.4, -0.2) is 59.1 Å². The van der Waals surface area contributed by atoms with E-state index in [9.17, 15) is 9.59 Å². The molecular weight excluding hydrogens is 300 g/mol. The Labute approximate surface area is 135 Å². The molecule has 0 unspecified atom stereocenters. The van der Waals surface area contributed by atoms with Crippen molar-refractivity contribution >= 4 is 23.7 Å². The molecule has 3 fully saturated rings. The number of nitrogens with one attached hydrogen (secondary N) is 2. The highest BCUT2D eigenvalue weighted by Crippen LogP contribution is 2.33. The monoisotopic (exact) mass is 326 g/mol. The number of carbonyl (C=O) groups excluding carboxylic acids is 2. The molecule has 124 valence electrons. The molecule has 4 N–H and O–H groups in total. The zero-order chi connectivity index (χ0) is 15.5. The Bertz CT molecular complexity index is 426. The van der Waals surface area contributed by atoms with Gasteiger partial charge in [-0.1, -0.05) is 6.42 Å². The summed E-state index contributed by atoms with van der Waals surface area (Å²) in [5, 5.41) is 6.47. The molecule has 3 amide bonds. The summed E-state index contributed by atoms with van der Waals surface area (Å²) in [6.07, 6.45) is 5.57. The molecule has 3 atom stereocenters. The summed E-state index contributed by atoms with van der Waals surface area (Å²) in [5.74, 6) is 1.28. The van der Waals surface area contributed by atoms with Crippen LogP contribution in [0.4, 0.5) is 4.79 Å². The molecule has 0 aromatic rings. The molecule has 6 nitrogen and oxygen atoms in total. The lowest BCUT2D eigenvalue weighted by atomic mass is 10.0. The van der Waals surface area contributed by atoms with Crippen LogP contribution in [0.5, 0.6) is 0 Å². The molecule has 0 bridgehead atoms. The number of nitrogens with zero attached hydrogens (tertiary/aromatic N) is 1. The maximum atomic E-state index is 12.1. The van der Waals surface area contributed by atoms with Crippen molar-refractivity contribution < 1.29 is 9.59 Å². The van der Waals surface area contributed by atoms with E-state index in [4.69, 9.17) is 5.73 Å². The second-order valence-corrected chi connectivity index (χ2v) is 7.86.